The van der Waals surface area contributed by atoms with Crippen molar-refractivity contribution in [3.05, 3.63) is 63.9 Å². The van der Waals surface area contributed by atoms with E-state index in [4.69, 9.17) is 11.6 Å². The molecule has 1 amide bonds. The van der Waals surface area contributed by atoms with Gasteiger partial charge in [-0.2, -0.15) is 0 Å². The lowest BCUT2D eigenvalue weighted by Crippen LogP contribution is -2.13. The zero-order chi connectivity index (χ0) is 15.5. The van der Waals surface area contributed by atoms with E-state index in [0.29, 0.717) is 22.0 Å². The molecule has 0 aliphatic rings. The third-order valence-electron chi connectivity index (χ3n) is 2.91. The molecule has 1 aromatic heterocycles. The number of nitrogens with zero attached hydrogens (tertiary/aromatic N) is 4. The van der Waals surface area contributed by atoms with Gasteiger partial charge in [0.15, 0.2) is 0 Å². The van der Waals surface area contributed by atoms with Gasteiger partial charge in [-0.15, -0.1) is 5.10 Å². The highest BCUT2D eigenvalue weighted by Gasteiger charge is 2.13. The van der Waals surface area contributed by atoms with Crippen LogP contribution in [0.15, 0.2) is 53.3 Å². The van der Waals surface area contributed by atoms with Crippen molar-refractivity contribution in [1.29, 1.82) is 0 Å². The first-order valence-corrected chi connectivity index (χ1v) is 7.40. The van der Waals surface area contributed by atoms with Crippen LogP contribution in [0.25, 0.3) is 5.69 Å². The van der Waals surface area contributed by atoms with Crippen LogP contribution in [0.2, 0.25) is 5.02 Å². The van der Waals surface area contributed by atoms with Crippen molar-refractivity contribution in [3.63, 3.8) is 0 Å². The molecule has 0 aliphatic heterocycles. The first kappa shape index (κ1) is 14.7. The fraction of sp³-hybridized carbons (Fsp3) is 0. The second-order valence-corrected chi connectivity index (χ2v) is 5.70. The van der Waals surface area contributed by atoms with E-state index in [2.05, 4.69) is 36.8 Å². The van der Waals surface area contributed by atoms with Gasteiger partial charge < -0.3 is 5.32 Å². The minimum absolute atomic E-state index is 0.303. The quantitative estimate of drug-likeness (QED) is 0.759. The van der Waals surface area contributed by atoms with Crippen LogP contribution >= 0.6 is 27.5 Å². The molecular weight excluding hydrogens is 370 g/mol. The molecule has 22 heavy (non-hydrogen) atoms. The Hall–Kier alpha value is -2.25. The lowest BCUT2D eigenvalue weighted by Gasteiger charge is -2.08. The molecule has 0 bridgehead atoms. The smallest absolute Gasteiger partial charge is 0.257 e. The van der Waals surface area contributed by atoms with Crippen molar-refractivity contribution in [3.8, 4) is 5.69 Å². The van der Waals surface area contributed by atoms with Crippen molar-refractivity contribution in [2.24, 2.45) is 0 Å². The van der Waals surface area contributed by atoms with E-state index in [-0.39, 0.29) is 5.91 Å². The lowest BCUT2D eigenvalue weighted by atomic mass is 10.1. The topological polar surface area (TPSA) is 72.7 Å². The summed E-state index contributed by atoms with van der Waals surface area (Å²) in [5.74, 6) is -0.303. The second kappa shape index (κ2) is 6.25. The van der Waals surface area contributed by atoms with Gasteiger partial charge in [0, 0.05) is 10.2 Å². The van der Waals surface area contributed by atoms with Gasteiger partial charge in [0.05, 0.1) is 16.3 Å². The van der Waals surface area contributed by atoms with Crippen LogP contribution < -0.4 is 5.32 Å². The molecule has 3 rings (SSSR count). The number of tetrazole rings is 1. The Kier molecular flexibility index (Phi) is 4.17. The van der Waals surface area contributed by atoms with E-state index < -0.39 is 0 Å². The second-order valence-electron chi connectivity index (χ2n) is 4.38. The zero-order valence-electron chi connectivity index (χ0n) is 11.1. The summed E-state index contributed by atoms with van der Waals surface area (Å²) in [4.78, 5) is 12.4. The van der Waals surface area contributed by atoms with Crippen molar-refractivity contribution >= 4 is 39.1 Å². The number of benzene rings is 2. The van der Waals surface area contributed by atoms with Crippen LogP contribution in [-0.4, -0.2) is 26.1 Å². The molecule has 0 saturated heterocycles. The molecule has 0 spiro atoms. The van der Waals surface area contributed by atoms with Gasteiger partial charge in [0.25, 0.3) is 5.91 Å². The number of anilines is 1. The van der Waals surface area contributed by atoms with Crippen LogP contribution in [0.5, 0.6) is 0 Å². The first-order chi connectivity index (χ1) is 10.6. The Morgan fingerprint density at radius 3 is 2.64 bits per heavy atom. The van der Waals surface area contributed by atoms with Crippen molar-refractivity contribution in [2.45, 2.75) is 0 Å². The van der Waals surface area contributed by atoms with Crippen LogP contribution in [0.3, 0.4) is 0 Å². The number of carbonyl (C=O) groups excluding carboxylic acids is 1. The molecule has 1 heterocycles. The normalized spacial score (nSPS) is 10.5. The number of nitrogens with one attached hydrogen (secondary N) is 1. The fourth-order valence-electron chi connectivity index (χ4n) is 1.84. The predicted octanol–water partition coefficient (Wildman–Crippen LogP) is 3.33. The van der Waals surface area contributed by atoms with Crippen molar-refractivity contribution in [2.75, 3.05) is 5.32 Å². The highest BCUT2D eigenvalue weighted by Crippen LogP contribution is 2.21. The van der Waals surface area contributed by atoms with E-state index in [1.807, 2.05) is 12.1 Å². The van der Waals surface area contributed by atoms with Gasteiger partial charge >= 0.3 is 0 Å². The van der Waals surface area contributed by atoms with Crippen LogP contribution in [0, 0.1) is 0 Å². The molecule has 2 aromatic carbocycles. The van der Waals surface area contributed by atoms with E-state index >= 15 is 0 Å². The standard InChI is InChI=1S/C14H9BrClN5O/c15-9-1-3-10(4-2-9)18-14(22)12-7-11(5-6-13(12)16)21-8-17-19-20-21/h1-8H,(H,18,22). The number of halogens is 2. The minimum atomic E-state index is -0.303. The summed E-state index contributed by atoms with van der Waals surface area (Å²) in [5.41, 5.74) is 1.67. The Labute approximate surface area is 139 Å². The maximum Gasteiger partial charge on any atom is 0.257 e. The summed E-state index contributed by atoms with van der Waals surface area (Å²) in [6.07, 6.45) is 1.44. The van der Waals surface area contributed by atoms with E-state index in [9.17, 15) is 4.79 Å². The summed E-state index contributed by atoms with van der Waals surface area (Å²) < 4.78 is 2.39. The van der Waals surface area contributed by atoms with E-state index in [1.165, 1.54) is 11.0 Å². The third kappa shape index (κ3) is 3.15. The summed E-state index contributed by atoms with van der Waals surface area (Å²) in [6.45, 7) is 0. The number of hydrogen-bond acceptors (Lipinski definition) is 4. The molecule has 110 valence electrons. The maximum atomic E-state index is 12.4. The summed E-state index contributed by atoms with van der Waals surface area (Å²) in [6, 6.07) is 12.3. The van der Waals surface area contributed by atoms with Crippen LogP contribution in [0.4, 0.5) is 5.69 Å². The highest BCUT2D eigenvalue weighted by molar-refractivity contribution is 9.10. The monoisotopic (exact) mass is 377 g/mol. The van der Waals surface area contributed by atoms with Gasteiger partial charge in [-0.1, -0.05) is 27.5 Å². The molecule has 0 unspecified atom stereocenters. The van der Waals surface area contributed by atoms with Gasteiger partial charge in [0.2, 0.25) is 0 Å². The van der Waals surface area contributed by atoms with Gasteiger partial charge in [-0.3, -0.25) is 4.79 Å². The highest BCUT2D eigenvalue weighted by atomic mass is 79.9. The molecule has 0 fully saturated rings. The number of rotatable bonds is 3. The van der Waals surface area contributed by atoms with Crippen LogP contribution in [-0.2, 0) is 0 Å². The number of amides is 1. The molecule has 1 N–H and O–H groups in total. The molecular formula is C14H9BrClN5O. The SMILES string of the molecule is O=C(Nc1ccc(Br)cc1)c1cc(-n2cnnn2)ccc1Cl. The van der Waals surface area contributed by atoms with Gasteiger partial charge in [-0.05, 0) is 52.9 Å². The lowest BCUT2D eigenvalue weighted by molar-refractivity contribution is 0.102. The molecule has 0 radical (unpaired) electrons. The molecule has 0 saturated carbocycles. The average Bonchev–Trinajstić information content (AvgIpc) is 3.04. The Balaban J connectivity index is 1.88. The molecule has 0 atom stereocenters. The molecule has 8 heteroatoms. The third-order valence-corrected chi connectivity index (χ3v) is 3.77. The Morgan fingerprint density at radius 1 is 1.18 bits per heavy atom. The first-order valence-electron chi connectivity index (χ1n) is 6.23. The minimum Gasteiger partial charge on any atom is -0.322 e. The fourth-order valence-corrected chi connectivity index (χ4v) is 2.31. The number of carbonyl (C=O) groups is 1. The number of aromatic nitrogens is 4. The zero-order valence-corrected chi connectivity index (χ0v) is 13.4. The van der Waals surface area contributed by atoms with Crippen molar-refractivity contribution in [1.82, 2.24) is 20.2 Å². The summed E-state index contributed by atoms with van der Waals surface area (Å²) in [7, 11) is 0. The number of hydrogen-bond donors (Lipinski definition) is 1. The molecule has 0 aliphatic carbocycles. The average molecular weight is 379 g/mol. The maximum absolute atomic E-state index is 12.4. The Morgan fingerprint density at radius 2 is 1.95 bits per heavy atom. The van der Waals surface area contributed by atoms with Crippen molar-refractivity contribution < 1.29 is 4.79 Å². The summed E-state index contributed by atoms with van der Waals surface area (Å²) in [5, 5.41) is 14.1. The molecule has 6 nitrogen and oxygen atoms in total. The Bertz CT molecular complexity index is 805. The largest absolute Gasteiger partial charge is 0.322 e. The van der Waals surface area contributed by atoms with E-state index in [1.54, 1.807) is 30.3 Å². The van der Waals surface area contributed by atoms with Gasteiger partial charge in [0.1, 0.15) is 6.33 Å². The van der Waals surface area contributed by atoms with Crippen LogP contribution in [0.1, 0.15) is 10.4 Å². The predicted molar refractivity (Wildman–Crippen MR) is 86.3 cm³/mol. The van der Waals surface area contributed by atoms with Gasteiger partial charge in [-0.25, -0.2) is 4.68 Å². The summed E-state index contributed by atoms with van der Waals surface area (Å²) >= 11 is 9.46. The van der Waals surface area contributed by atoms with E-state index in [0.717, 1.165) is 4.47 Å². The molecule has 3 aromatic rings.